The van der Waals surface area contributed by atoms with E-state index in [2.05, 4.69) is 66.9 Å². The minimum atomic E-state index is -0.216. The van der Waals surface area contributed by atoms with Crippen LogP contribution in [-0.2, 0) is 5.41 Å². The van der Waals surface area contributed by atoms with Gasteiger partial charge in [-0.15, -0.1) is 0 Å². The van der Waals surface area contributed by atoms with E-state index < -0.39 is 0 Å². The second-order valence-corrected chi connectivity index (χ2v) is 12.3. The number of hydrogen-bond acceptors (Lipinski definition) is 3. The van der Waals surface area contributed by atoms with E-state index in [0.717, 1.165) is 9.82 Å². The van der Waals surface area contributed by atoms with Crippen molar-refractivity contribution in [1.82, 2.24) is 4.57 Å². The number of furan rings is 1. The Kier molecular flexibility index (Phi) is 3.74. The van der Waals surface area contributed by atoms with Crippen LogP contribution in [0.2, 0.25) is 0 Å². The van der Waals surface area contributed by atoms with Crippen molar-refractivity contribution in [1.29, 1.82) is 0 Å². The summed E-state index contributed by atoms with van der Waals surface area (Å²) in [6.07, 6.45) is 3.42. The molecule has 172 valence electrons. The molecule has 0 radical (unpaired) electrons. The maximum absolute atomic E-state index is 13.3. The molecule has 2 aliphatic rings. The number of hydrogen-bond donors (Lipinski definition) is 0. The number of aromatic nitrogens is 1. The molecule has 0 unspecified atom stereocenters. The Hall–Kier alpha value is -3.92. The van der Waals surface area contributed by atoms with Crippen molar-refractivity contribution in [2.75, 3.05) is 0 Å². The summed E-state index contributed by atoms with van der Waals surface area (Å²) in [5.74, 6) is -0.415. The zero-order valence-corrected chi connectivity index (χ0v) is 21.3. The first-order valence-electron chi connectivity index (χ1n) is 11.9. The Morgan fingerprint density at radius 3 is 2.50 bits per heavy atom. The number of ketones is 2. The molecular weight excluding hydrogens is 513 g/mol. The van der Waals surface area contributed by atoms with Gasteiger partial charge in [-0.3, -0.25) is 0 Å². The molecule has 4 nitrogen and oxygen atoms in total. The zero-order valence-electron chi connectivity index (χ0n) is 19.6. The van der Waals surface area contributed by atoms with Gasteiger partial charge in [0.15, 0.2) is 0 Å². The molecule has 36 heavy (non-hydrogen) atoms. The topological polar surface area (TPSA) is 52.2 Å². The fraction of sp³-hybridized carbons (Fsp3) is 0.0968. The third-order valence-corrected chi connectivity index (χ3v) is 10.1. The molecule has 3 aromatic carbocycles. The molecule has 1 aliphatic heterocycles. The van der Waals surface area contributed by atoms with Gasteiger partial charge in [-0.2, -0.15) is 0 Å². The Bertz CT molecular complexity index is 1960. The van der Waals surface area contributed by atoms with E-state index in [1.165, 1.54) is 37.5 Å². The number of benzene rings is 3. The summed E-state index contributed by atoms with van der Waals surface area (Å²) in [6.45, 7) is 4.55. The molecule has 0 bridgehead atoms. The minimum absolute atomic E-state index is 0.0508. The van der Waals surface area contributed by atoms with Crippen LogP contribution in [0.5, 0.6) is 0 Å². The Balaban J connectivity index is 1.35. The molecule has 0 saturated heterocycles. The van der Waals surface area contributed by atoms with Crippen LogP contribution in [0.3, 0.4) is 0 Å². The van der Waals surface area contributed by atoms with Crippen LogP contribution in [0.25, 0.3) is 43.4 Å². The molecule has 0 fully saturated rings. The standard InChI is InChI=1S/C31H19NO3Se/c1-31(2)23-8-5-7-19-18-6-3-4-9-25(18)32(27(19)23)30-24(31)14-17(36-30)13-22-28(33)20-12-16-10-11-35-26(16)15-21(20)29(22)34/h3-15H,1-2H3/b22-13-. The Morgan fingerprint density at radius 2 is 1.64 bits per heavy atom. The number of nitrogens with zero attached hydrogens (tertiary/aromatic N) is 1. The summed E-state index contributed by atoms with van der Waals surface area (Å²) in [6, 6.07) is 22.7. The molecular formula is C31H19NO3Se. The number of carbonyl (C=O) groups excluding carboxylic acids is 2. The quantitative estimate of drug-likeness (QED) is 0.135. The van der Waals surface area contributed by atoms with Crippen LogP contribution >= 0.6 is 0 Å². The SMILES string of the molecule is CC1(C)c2cc(/C=C3/C(=O)c4cc5ccoc5cc4C3=O)[se]c2-n2c3ccccc3c3cccc1c32. The van der Waals surface area contributed by atoms with Crippen molar-refractivity contribution in [2.45, 2.75) is 19.3 Å². The number of Topliss-reactive ketones (excluding diaryl/α,β-unsaturated/α-hetero) is 2. The van der Waals surface area contributed by atoms with Gasteiger partial charge in [0.1, 0.15) is 0 Å². The first kappa shape index (κ1) is 20.3. The number of allylic oxidation sites excluding steroid dienone is 1. The summed E-state index contributed by atoms with van der Waals surface area (Å²) < 4.78 is 10.2. The number of para-hydroxylation sites is 2. The third kappa shape index (κ3) is 2.39. The normalized spacial score (nSPS) is 17.0. The fourth-order valence-corrected chi connectivity index (χ4v) is 8.71. The number of fused-ring (bicyclic) bond motifs is 7. The van der Waals surface area contributed by atoms with Crippen molar-refractivity contribution >= 4 is 64.9 Å². The average Bonchev–Trinajstić information content (AvgIpc) is 3.63. The molecule has 0 atom stereocenters. The molecule has 3 aromatic heterocycles. The summed E-state index contributed by atoms with van der Waals surface area (Å²) in [4.78, 5) is 26.6. The third-order valence-electron chi connectivity index (χ3n) is 7.83. The second-order valence-electron chi connectivity index (χ2n) is 10.1. The molecule has 0 amide bonds. The van der Waals surface area contributed by atoms with Gasteiger partial charge < -0.3 is 0 Å². The van der Waals surface area contributed by atoms with E-state index in [4.69, 9.17) is 4.42 Å². The number of rotatable bonds is 1. The van der Waals surface area contributed by atoms with Crippen molar-refractivity contribution in [2.24, 2.45) is 0 Å². The van der Waals surface area contributed by atoms with E-state index >= 15 is 0 Å². The molecule has 4 heterocycles. The van der Waals surface area contributed by atoms with Crippen molar-refractivity contribution in [3.05, 3.63) is 105 Å². The van der Waals surface area contributed by atoms with E-state index in [1.807, 2.05) is 12.1 Å². The van der Waals surface area contributed by atoms with E-state index in [0.29, 0.717) is 16.7 Å². The predicted molar refractivity (Wildman–Crippen MR) is 143 cm³/mol. The first-order valence-corrected chi connectivity index (χ1v) is 13.6. The van der Waals surface area contributed by atoms with Crippen molar-refractivity contribution in [3.63, 3.8) is 0 Å². The fourth-order valence-electron chi connectivity index (χ4n) is 6.02. The van der Waals surface area contributed by atoms with Gasteiger partial charge >= 0.3 is 213 Å². The van der Waals surface area contributed by atoms with Gasteiger partial charge in [0.05, 0.1) is 0 Å². The Morgan fingerprint density at radius 1 is 0.861 bits per heavy atom. The summed E-state index contributed by atoms with van der Waals surface area (Å²) >= 11 is -0.0508. The number of carbonyl (C=O) groups is 2. The molecule has 5 heteroatoms. The van der Waals surface area contributed by atoms with Gasteiger partial charge in [0.25, 0.3) is 0 Å². The summed E-state index contributed by atoms with van der Waals surface area (Å²) in [5, 5.41) is 3.36. The average molecular weight is 532 g/mol. The molecule has 0 N–H and O–H groups in total. The van der Waals surface area contributed by atoms with Gasteiger partial charge in [0, 0.05) is 0 Å². The van der Waals surface area contributed by atoms with E-state index in [9.17, 15) is 9.59 Å². The molecule has 1 aliphatic carbocycles. The Labute approximate surface area is 212 Å². The van der Waals surface area contributed by atoms with Crippen LogP contribution in [0.15, 0.2) is 83.0 Å². The summed E-state index contributed by atoms with van der Waals surface area (Å²) in [5.41, 5.74) is 6.65. The van der Waals surface area contributed by atoms with E-state index in [1.54, 1.807) is 18.4 Å². The van der Waals surface area contributed by atoms with Crippen molar-refractivity contribution < 1.29 is 14.0 Å². The van der Waals surface area contributed by atoms with Gasteiger partial charge in [-0.1, -0.05) is 0 Å². The van der Waals surface area contributed by atoms with Crippen LogP contribution in [-0.4, -0.2) is 30.6 Å². The van der Waals surface area contributed by atoms with Gasteiger partial charge in [-0.25, -0.2) is 0 Å². The van der Waals surface area contributed by atoms with Crippen LogP contribution in [0.1, 0.15) is 50.1 Å². The summed E-state index contributed by atoms with van der Waals surface area (Å²) in [7, 11) is 0. The second kappa shape index (κ2) is 6.64. The monoisotopic (exact) mass is 533 g/mol. The van der Waals surface area contributed by atoms with Gasteiger partial charge in [0.2, 0.25) is 0 Å². The maximum atomic E-state index is 13.3. The zero-order chi connectivity index (χ0) is 24.3. The molecule has 6 aromatic rings. The van der Waals surface area contributed by atoms with Crippen molar-refractivity contribution in [3.8, 4) is 4.56 Å². The van der Waals surface area contributed by atoms with Gasteiger partial charge in [-0.05, 0) is 0 Å². The molecule has 8 rings (SSSR count). The van der Waals surface area contributed by atoms with Crippen LogP contribution in [0.4, 0.5) is 0 Å². The first-order chi connectivity index (χ1) is 17.4. The van der Waals surface area contributed by atoms with E-state index in [-0.39, 0.29) is 37.1 Å². The van der Waals surface area contributed by atoms with Crippen LogP contribution in [0, 0.1) is 0 Å². The molecule has 0 saturated carbocycles. The predicted octanol–water partition coefficient (Wildman–Crippen LogP) is 6.69. The molecule has 0 spiro atoms. The van der Waals surface area contributed by atoms with Crippen LogP contribution < -0.4 is 0 Å².